The Morgan fingerprint density at radius 3 is 1.30 bits per heavy atom. The van der Waals surface area contributed by atoms with E-state index in [1.54, 1.807) is 0 Å². The summed E-state index contributed by atoms with van der Waals surface area (Å²) < 4.78 is 0. The van der Waals surface area contributed by atoms with Crippen molar-refractivity contribution in [2.24, 2.45) is 27.9 Å². The molecule has 0 aliphatic rings. The number of carbonyl (C=O) groups is 12. The highest BCUT2D eigenvalue weighted by Crippen LogP contribution is 2.08. The standard InChI is InChI=1S/C33H54N12O16S2/c1-13(25(53)45-20(12-63)32(60)61)39-30(58)18(9-21(35)46)43-29(57)17(5-7-23(49)50)42-27(55)15(3-2-8-38-33(36)37)41-31(59)19(10-24(51)52)44-28(56)16(4-6-22(47)48)40-26(54)14(34)11-62/h13-20,62-63H,2-12,34H2,1H3,(H2,35,46)(H,39,58)(H,40,54)(H,41,59)(H,42,55)(H,43,57)(H,44,56)(H,45,53)(H,47,48)(H,49,50)(H,51,52)(H,60,61)(H4,36,37,38)/t13-,14-,15-,16-,17-,18-,19-,20-/m0/s1. The second kappa shape index (κ2) is 29.0. The number of hydrogen-bond acceptors (Lipinski definition) is 16. The molecule has 8 atom stereocenters. The number of nitrogens with two attached hydrogens (primary N) is 4. The van der Waals surface area contributed by atoms with Crippen molar-refractivity contribution in [3.05, 3.63) is 0 Å². The number of nitrogens with one attached hydrogen (secondary N) is 7. The van der Waals surface area contributed by atoms with E-state index in [1.165, 1.54) is 0 Å². The minimum Gasteiger partial charge on any atom is -0.481 e. The predicted octanol–water partition coefficient (Wildman–Crippen LogP) is -7.20. The van der Waals surface area contributed by atoms with E-state index in [0.29, 0.717) is 0 Å². The Morgan fingerprint density at radius 1 is 0.508 bits per heavy atom. The quantitative estimate of drug-likeness (QED) is 0.0133. The average Bonchev–Trinajstić information content (AvgIpc) is 3.18. The van der Waals surface area contributed by atoms with Crippen LogP contribution in [0.15, 0.2) is 4.99 Å². The molecule has 0 bridgehead atoms. The number of nitrogens with zero attached hydrogens (tertiary/aromatic N) is 1. The summed E-state index contributed by atoms with van der Waals surface area (Å²) in [6.07, 6.45) is -5.15. The van der Waals surface area contributed by atoms with Crippen LogP contribution in [0.1, 0.15) is 58.3 Å². The molecule has 0 fully saturated rings. The molecule has 0 saturated heterocycles. The van der Waals surface area contributed by atoms with Gasteiger partial charge in [0, 0.05) is 30.9 Å². The lowest BCUT2D eigenvalue weighted by molar-refractivity contribution is -0.142. The first-order chi connectivity index (χ1) is 29.3. The van der Waals surface area contributed by atoms with Crippen LogP contribution in [-0.2, 0) is 57.5 Å². The van der Waals surface area contributed by atoms with Gasteiger partial charge in [-0.05, 0) is 32.6 Å². The molecule has 0 aromatic rings. The van der Waals surface area contributed by atoms with Crippen LogP contribution < -0.4 is 60.2 Å². The van der Waals surface area contributed by atoms with Gasteiger partial charge in [-0.15, -0.1) is 0 Å². The fourth-order valence-electron chi connectivity index (χ4n) is 4.95. The normalized spacial score (nSPS) is 14.5. The third-order valence-electron chi connectivity index (χ3n) is 8.27. The van der Waals surface area contributed by atoms with E-state index in [1.807, 2.05) is 0 Å². The van der Waals surface area contributed by atoms with E-state index in [-0.39, 0.29) is 36.9 Å². The zero-order valence-corrected chi connectivity index (χ0v) is 35.5. The minimum absolute atomic E-state index is 0.0826. The van der Waals surface area contributed by atoms with Crippen molar-refractivity contribution in [3.63, 3.8) is 0 Å². The molecule has 30 heteroatoms. The molecule has 0 unspecified atom stereocenters. The number of primary amides is 1. The molecule has 0 spiro atoms. The monoisotopic (exact) mass is 938 g/mol. The molecule has 0 aliphatic carbocycles. The number of carbonyl (C=O) groups excluding carboxylic acids is 8. The molecule has 0 aromatic heterocycles. The lowest BCUT2D eigenvalue weighted by atomic mass is 10.0. The highest BCUT2D eigenvalue weighted by Gasteiger charge is 2.35. The Hall–Kier alpha value is -6.43. The molecule has 354 valence electrons. The fraction of sp³-hybridized carbons (Fsp3) is 0.606. The summed E-state index contributed by atoms with van der Waals surface area (Å²) >= 11 is 7.70. The van der Waals surface area contributed by atoms with Gasteiger partial charge in [-0.3, -0.25) is 57.7 Å². The largest absolute Gasteiger partial charge is 0.481 e. The maximum Gasteiger partial charge on any atom is 0.327 e. The lowest BCUT2D eigenvalue weighted by Crippen LogP contribution is -2.60. The number of carboxylic acid groups (broad SMARTS) is 4. The SMILES string of the molecule is C[C@H](NC(=O)[C@H](CC(N)=O)NC(=O)[C@H](CCC(=O)O)NC(=O)[C@H](CCCN=C(N)N)NC(=O)[C@H](CC(=O)O)NC(=O)[C@H](CCC(=O)O)NC(=O)[C@@H](N)CS)C(=O)N[C@@H](CS)C(=O)O. The lowest BCUT2D eigenvalue weighted by Gasteiger charge is -2.27. The van der Waals surface area contributed by atoms with Gasteiger partial charge in [0.15, 0.2) is 5.96 Å². The first kappa shape index (κ1) is 56.6. The van der Waals surface area contributed by atoms with E-state index < -0.39 is 158 Å². The first-order valence-corrected chi connectivity index (χ1v) is 19.9. The van der Waals surface area contributed by atoms with Crippen LogP contribution in [0, 0.1) is 0 Å². The van der Waals surface area contributed by atoms with Crippen molar-refractivity contribution in [2.75, 3.05) is 18.1 Å². The highest BCUT2D eigenvalue weighted by atomic mass is 32.1. The zero-order chi connectivity index (χ0) is 48.6. The summed E-state index contributed by atoms with van der Waals surface area (Å²) in [5.41, 5.74) is 21.6. The van der Waals surface area contributed by atoms with Gasteiger partial charge in [0.25, 0.3) is 0 Å². The van der Waals surface area contributed by atoms with Crippen molar-refractivity contribution in [3.8, 4) is 0 Å². The minimum atomic E-state index is -2.00. The van der Waals surface area contributed by atoms with E-state index in [9.17, 15) is 72.9 Å². The van der Waals surface area contributed by atoms with Gasteiger partial charge in [0.1, 0.15) is 42.3 Å². The molecular formula is C33H54N12O16S2. The summed E-state index contributed by atoms with van der Waals surface area (Å²) in [7, 11) is 0. The van der Waals surface area contributed by atoms with E-state index >= 15 is 0 Å². The highest BCUT2D eigenvalue weighted by molar-refractivity contribution is 7.80. The van der Waals surface area contributed by atoms with Gasteiger partial charge in [-0.25, -0.2) is 4.79 Å². The van der Waals surface area contributed by atoms with Crippen molar-refractivity contribution in [1.29, 1.82) is 0 Å². The Morgan fingerprint density at radius 2 is 0.905 bits per heavy atom. The van der Waals surface area contributed by atoms with Crippen molar-refractivity contribution in [1.82, 2.24) is 37.2 Å². The van der Waals surface area contributed by atoms with Gasteiger partial charge >= 0.3 is 23.9 Å². The molecule has 0 heterocycles. The number of carboxylic acids is 4. The van der Waals surface area contributed by atoms with Crippen LogP contribution in [-0.4, -0.2) is 164 Å². The molecule has 63 heavy (non-hydrogen) atoms. The van der Waals surface area contributed by atoms with Crippen LogP contribution in [0.4, 0.5) is 0 Å². The molecule has 8 amide bonds. The molecule has 0 aromatic carbocycles. The molecular weight excluding hydrogens is 885 g/mol. The number of aliphatic imine (C=N–C) groups is 1. The van der Waals surface area contributed by atoms with Crippen LogP contribution in [0.3, 0.4) is 0 Å². The summed E-state index contributed by atoms with van der Waals surface area (Å²) in [6, 6.07) is -13.3. The second-order valence-corrected chi connectivity index (χ2v) is 14.2. The molecule has 0 radical (unpaired) electrons. The number of aliphatic carboxylic acids is 4. The predicted molar refractivity (Wildman–Crippen MR) is 222 cm³/mol. The molecule has 0 aliphatic heterocycles. The molecule has 19 N–H and O–H groups in total. The van der Waals surface area contributed by atoms with Crippen molar-refractivity contribution >= 4 is 102 Å². The number of guanidine groups is 1. The average molecular weight is 939 g/mol. The Kier molecular flexibility index (Phi) is 26.0. The van der Waals surface area contributed by atoms with Crippen molar-refractivity contribution in [2.45, 2.75) is 107 Å². The second-order valence-electron chi connectivity index (χ2n) is 13.5. The van der Waals surface area contributed by atoms with Gasteiger partial charge in [-0.1, -0.05) is 0 Å². The Balaban J connectivity index is 6.64. The summed E-state index contributed by atoms with van der Waals surface area (Å²) in [4.78, 5) is 154. The maximum absolute atomic E-state index is 13.8. The van der Waals surface area contributed by atoms with Crippen molar-refractivity contribution < 1.29 is 78.0 Å². The number of hydrogen-bond donors (Lipinski definition) is 17. The van der Waals surface area contributed by atoms with Gasteiger partial charge in [0.05, 0.1) is 18.9 Å². The summed E-state index contributed by atoms with van der Waals surface area (Å²) in [6.45, 7) is 0.986. The zero-order valence-electron chi connectivity index (χ0n) is 33.7. The third kappa shape index (κ3) is 23.4. The maximum atomic E-state index is 13.8. The summed E-state index contributed by atoms with van der Waals surface area (Å²) in [5, 5.41) is 52.3. The van der Waals surface area contributed by atoms with Crippen LogP contribution in [0.2, 0.25) is 0 Å². The first-order valence-electron chi connectivity index (χ1n) is 18.6. The number of thiol groups is 2. The topological polar surface area (TPSA) is 486 Å². The fourth-order valence-corrected chi connectivity index (χ4v) is 5.37. The number of rotatable bonds is 31. The van der Waals surface area contributed by atoms with E-state index in [4.69, 9.17) is 28.0 Å². The van der Waals surface area contributed by atoms with Crippen LogP contribution in [0.5, 0.6) is 0 Å². The van der Waals surface area contributed by atoms with Crippen LogP contribution >= 0.6 is 25.3 Å². The number of amides is 8. The smallest absolute Gasteiger partial charge is 0.327 e. The Labute approximate surface area is 369 Å². The van der Waals surface area contributed by atoms with Crippen LogP contribution in [0.25, 0.3) is 0 Å². The van der Waals surface area contributed by atoms with Gasteiger partial charge < -0.3 is 80.6 Å². The van der Waals surface area contributed by atoms with Gasteiger partial charge in [-0.2, -0.15) is 25.3 Å². The molecule has 28 nitrogen and oxygen atoms in total. The Bertz CT molecular complexity index is 1730. The molecule has 0 rings (SSSR count). The van der Waals surface area contributed by atoms with E-state index in [0.717, 1.165) is 6.92 Å². The summed E-state index contributed by atoms with van der Waals surface area (Å²) in [5.74, 6) is -16.1. The third-order valence-corrected chi connectivity index (χ3v) is 9.03. The van der Waals surface area contributed by atoms with E-state index in [2.05, 4.69) is 67.5 Å². The molecule has 0 saturated carbocycles. The van der Waals surface area contributed by atoms with Gasteiger partial charge in [0.2, 0.25) is 47.3 Å².